The first-order chi connectivity index (χ1) is 11.1. The zero-order valence-corrected chi connectivity index (χ0v) is 13.8. The van der Waals surface area contributed by atoms with Gasteiger partial charge in [-0.15, -0.1) is 0 Å². The van der Waals surface area contributed by atoms with Crippen molar-refractivity contribution in [3.63, 3.8) is 0 Å². The number of aromatic nitrogens is 3. The molecule has 0 radical (unpaired) electrons. The van der Waals surface area contributed by atoms with Gasteiger partial charge in [-0.1, -0.05) is 18.2 Å². The Morgan fingerprint density at radius 2 is 2.04 bits per heavy atom. The summed E-state index contributed by atoms with van der Waals surface area (Å²) in [7, 11) is 0. The van der Waals surface area contributed by atoms with Gasteiger partial charge in [-0.3, -0.25) is 9.80 Å². The van der Waals surface area contributed by atoms with Crippen LogP contribution in [-0.4, -0.2) is 68.2 Å². The predicted octanol–water partition coefficient (Wildman–Crippen LogP) is 1.15. The van der Waals surface area contributed by atoms with Crippen LogP contribution in [-0.2, 0) is 6.54 Å². The second kappa shape index (κ2) is 7.21. The molecule has 124 valence electrons. The first-order valence-corrected chi connectivity index (χ1v) is 8.23. The Balaban J connectivity index is 1.58. The van der Waals surface area contributed by atoms with E-state index < -0.39 is 0 Å². The van der Waals surface area contributed by atoms with Crippen LogP contribution in [0, 0.1) is 0 Å². The molecule has 1 aliphatic heterocycles. The second-order valence-corrected chi connectivity index (χ2v) is 6.39. The van der Waals surface area contributed by atoms with E-state index in [9.17, 15) is 5.11 Å². The Labute approximate surface area is 137 Å². The van der Waals surface area contributed by atoms with Crippen molar-refractivity contribution >= 4 is 0 Å². The van der Waals surface area contributed by atoms with Gasteiger partial charge in [0.05, 0.1) is 23.7 Å². The molecular formula is C17H25N5O. The lowest BCUT2D eigenvalue weighted by Gasteiger charge is -2.40. The maximum atomic E-state index is 9.56. The van der Waals surface area contributed by atoms with Gasteiger partial charge in [-0.25, -0.2) is 0 Å². The monoisotopic (exact) mass is 315 g/mol. The van der Waals surface area contributed by atoms with Crippen molar-refractivity contribution in [2.24, 2.45) is 0 Å². The van der Waals surface area contributed by atoms with Crippen molar-refractivity contribution in [1.29, 1.82) is 0 Å². The lowest BCUT2D eigenvalue weighted by Crippen LogP contribution is -2.53. The number of hydrogen-bond acceptors (Lipinski definition) is 5. The van der Waals surface area contributed by atoms with Crippen LogP contribution in [0.4, 0.5) is 0 Å². The molecule has 0 bridgehead atoms. The smallest absolute Gasteiger partial charge is 0.0971 e. The summed E-state index contributed by atoms with van der Waals surface area (Å²) in [6, 6.07) is 10.4. The van der Waals surface area contributed by atoms with Crippen molar-refractivity contribution in [2.75, 3.05) is 26.2 Å². The van der Waals surface area contributed by atoms with Crippen LogP contribution in [0.25, 0.3) is 5.69 Å². The number of rotatable bonds is 5. The van der Waals surface area contributed by atoms with E-state index in [1.165, 1.54) is 0 Å². The van der Waals surface area contributed by atoms with Crippen LogP contribution in [0.3, 0.4) is 0 Å². The van der Waals surface area contributed by atoms with Crippen molar-refractivity contribution in [3.8, 4) is 5.69 Å². The van der Waals surface area contributed by atoms with Gasteiger partial charge < -0.3 is 5.11 Å². The van der Waals surface area contributed by atoms with Crippen LogP contribution < -0.4 is 0 Å². The lowest BCUT2D eigenvalue weighted by atomic mass is 10.1. The third-order valence-corrected chi connectivity index (χ3v) is 4.26. The largest absolute Gasteiger partial charge is 0.392 e. The molecule has 1 aliphatic rings. The molecule has 0 spiro atoms. The summed E-state index contributed by atoms with van der Waals surface area (Å²) in [5, 5.41) is 18.5. The van der Waals surface area contributed by atoms with Crippen LogP contribution in [0.5, 0.6) is 0 Å². The second-order valence-electron chi connectivity index (χ2n) is 6.39. The molecule has 0 amide bonds. The average Bonchev–Trinajstić information content (AvgIpc) is 2.99. The Bertz CT molecular complexity index is 612. The number of β-amino-alcohol motifs (C(OH)–C–C–N with tert-alkyl or cyclic N) is 1. The van der Waals surface area contributed by atoms with Crippen molar-refractivity contribution in [3.05, 3.63) is 42.2 Å². The fraction of sp³-hybridized carbons (Fsp3) is 0.529. The highest BCUT2D eigenvalue weighted by Gasteiger charge is 2.24. The maximum Gasteiger partial charge on any atom is 0.0971 e. The van der Waals surface area contributed by atoms with E-state index in [-0.39, 0.29) is 6.10 Å². The Kier molecular flexibility index (Phi) is 5.05. The van der Waals surface area contributed by atoms with Gasteiger partial charge in [-0.05, 0) is 26.0 Å². The van der Waals surface area contributed by atoms with E-state index in [0.29, 0.717) is 6.04 Å². The van der Waals surface area contributed by atoms with Gasteiger partial charge in [0.15, 0.2) is 0 Å². The van der Waals surface area contributed by atoms with E-state index in [1.807, 2.05) is 43.5 Å². The van der Waals surface area contributed by atoms with Gasteiger partial charge in [0.1, 0.15) is 0 Å². The number of aliphatic hydroxyl groups is 1. The molecule has 1 saturated heterocycles. The number of nitrogens with zero attached hydrogens (tertiary/aromatic N) is 5. The molecule has 3 rings (SSSR count). The summed E-state index contributed by atoms with van der Waals surface area (Å²) < 4.78 is 0. The minimum atomic E-state index is -0.269. The van der Waals surface area contributed by atoms with Gasteiger partial charge in [0.25, 0.3) is 0 Å². The third-order valence-electron chi connectivity index (χ3n) is 4.26. The SMILES string of the molecule is C[C@@H](O)CN1CCN(Cc2cnn(-c3ccccc3)n2)C[C@@H]1C. The number of aliphatic hydroxyl groups excluding tert-OH is 1. The molecule has 1 aromatic heterocycles. The molecule has 6 heteroatoms. The summed E-state index contributed by atoms with van der Waals surface area (Å²) in [6.45, 7) is 8.61. The van der Waals surface area contributed by atoms with E-state index in [1.54, 1.807) is 4.80 Å². The molecule has 2 aromatic rings. The minimum absolute atomic E-state index is 0.269. The van der Waals surface area contributed by atoms with Crippen molar-refractivity contribution in [1.82, 2.24) is 24.8 Å². The fourth-order valence-corrected chi connectivity index (χ4v) is 3.11. The summed E-state index contributed by atoms with van der Waals surface area (Å²) in [6.07, 6.45) is 1.58. The highest BCUT2D eigenvalue weighted by Crippen LogP contribution is 2.13. The zero-order chi connectivity index (χ0) is 16.2. The summed E-state index contributed by atoms with van der Waals surface area (Å²) in [4.78, 5) is 6.44. The molecule has 2 atom stereocenters. The van der Waals surface area contributed by atoms with E-state index in [4.69, 9.17) is 0 Å². The lowest BCUT2D eigenvalue weighted by molar-refractivity contribution is 0.0418. The third kappa shape index (κ3) is 4.16. The number of benzene rings is 1. The molecule has 1 N–H and O–H groups in total. The Hall–Kier alpha value is -1.76. The first kappa shape index (κ1) is 16.1. The molecular weight excluding hydrogens is 290 g/mol. The Morgan fingerprint density at radius 1 is 1.26 bits per heavy atom. The van der Waals surface area contributed by atoms with Crippen LogP contribution in [0.1, 0.15) is 19.5 Å². The molecule has 23 heavy (non-hydrogen) atoms. The standard InChI is InChI=1S/C17H25N5O/c1-14-11-20(8-9-21(14)12-15(2)23)13-16-10-18-22(19-16)17-6-4-3-5-7-17/h3-7,10,14-15,23H,8-9,11-13H2,1-2H3/t14-,15+/m0/s1. The zero-order valence-electron chi connectivity index (χ0n) is 13.8. The van der Waals surface area contributed by atoms with Gasteiger partial charge in [0, 0.05) is 38.8 Å². The first-order valence-electron chi connectivity index (χ1n) is 8.23. The van der Waals surface area contributed by atoms with E-state index in [0.717, 1.165) is 44.1 Å². The highest BCUT2D eigenvalue weighted by atomic mass is 16.3. The van der Waals surface area contributed by atoms with Crippen molar-refractivity contribution < 1.29 is 5.11 Å². The minimum Gasteiger partial charge on any atom is -0.392 e. The van der Waals surface area contributed by atoms with Crippen LogP contribution >= 0.6 is 0 Å². The highest BCUT2D eigenvalue weighted by molar-refractivity contribution is 5.28. The molecule has 0 saturated carbocycles. The molecule has 0 aliphatic carbocycles. The maximum absolute atomic E-state index is 9.56. The average molecular weight is 315 g/mol. The molecule has 2 heterocycles. The van der Waals surface area contributed by atoms with Gasteiger partial charge in [0.2, 0.25) is 0 Å². The molecule has 0 unspecified atom stereocenters. The van der Waals surface area contributed by atoms with Crippen molar-refractivity contribution in [2.45, 2.75) is 32.5 Å². The van der Waals surface area contributed by atoms with Crippen LogP contribution in [0.15, 0.2) is 36.5 Å². The summed E-state index contributed by atoms with van der Waals surface area (Å²) in [5.41, 5.74) is 1.97. The fourth-order valence-electron chi connectivity index (χ4n) is 3.11. The molecule has 1 fully saturated rings. The normalized spacial score (nSPS) is 21.4. The topological polar surface area (TPSA) is 57.4 Å². The van der Waals surface area contributed by atoms with Gasteiger partial charge in [-0.2, -0.15) is 15.0 Å². The molecule has 1 aromatic carbocycles. The van der Waals surface area contributed by atoms with Crippen LogP contribution in [0.2, 0.25) is 0 Å². The van der Waals surface area contributed by atoms with E-state index in [2.05, 4.69) is 26.9 Å². The predicted molar refractivity (Wildman–Crippen MR) is 89.4 cm³/mol. The number of piperazine rings is 1. The quantitative estimate of drug-likeness (QED) is 0.897. The Morgan fingerprint density at radius 3 is 2.74 bits per heavy atom. The summed E-state index contributed by atoms with van der Waals surface area (Å²) in [5.74, 6) is 0. The van der Waals surface area contributed by atoms with Gasteiger partial charge >= 0.3 is 0 Å². The summed E-state index contributed by atoms with van der Waals surface area (Å²) >= 11 is 0. The van der Waals surface area contributed by atoms with E-state index >= 15 is 0 Å². The number of para-hydroxylation sites is 1. The number of hydrogen-bond donors (Lipinski definition) is 1. The molecule has 6 nitrogen and oxygen atoms in total.